The fourth-order valence-electron chi connectivity index (χ4n) is 2.03. The van der Waals surface area contributed by atoms with Crippen LogP contribution < -0.4 is 5.32 Å². The highest BCUT2D eigenvalue weighted by molar-refractivity contribution is 5.99. The van der Waals surface area contributed by atoms with Crippen LogP contribution in [-0.2, 0) is 16.1 Å². The fraction of sp³-hybridized carbons (Fsp3) is 0.538. The number of piperazine rings is 1. The molecule has 0 saturated carbocycles. The zero-order valence-corrected chi connectivity index (χ0v) is 11.6. The van der Waals surface area contributed by atoms with Crippen LogP contribution in [0, 0.1) is 6.92 Å². The smallest absolute Gasteiger partial charge is 0.248 e. The Morgan fingerprint density at radius 1 is 1.32 bits per heavy atom. The molecule has 102 valence electrons. The number of aromatic nitrogens is 2. The Hall–Kier alpha value is -1.98. The quantitative estimate of drug-likeness (QED) is 0.837. The van der Waals surface area contributed by atoms with Crippen molar-refractivity contribution < 1.29 is 9.59 Å². The van der Waals surface area contributed by atoms with E-state index in [4.69, 9.17) is 0 Å². The molecule has 6 nitrogen and oxygen atoms in total. The molecular weight excluding hydrogens is 244 g/mol. The van der Waals surface area contributed by atoms with Crippen LogP contribution in [0.2, 0.25) is 0 Å². The maximum absolute atomic E-state index is 12.3. The van der Waals surface area contributed by atoms with Crippen molar-refractivity contribution in [3.8, 4) is 0 Å². The summed E-state index contributed by atoms with van der Waals surface area (Å²) in [4.78, 5) is 34.1. The molecule has 6 heteroatoms. The van der Waals surface area contributed by atoms with Gasteiger partial charge in [-0.05, 0) is 27.7 Å². The first-order valence-electron chi connectivity index (χ1n) is 6.22. The predicted octanol–water partition coefficient (Wildman–Crippen LogP) is 0.411. The van der Waals surface area contributed by atoms with Crippen LogP contribution in [0.15, 0.2) is 12.4 Å². The van der Waals surface area contributed by atoms with Gasteiger partial charge in [-0.2, -0.15) is 0 Å². The van der Waals surface area contributed by atoms with Crippen molar-refractivity contribution in [2.75, 3.05) is 0 Å². The monoisotopic (exact) mass is 262 g/mol. The van der Waals surface area contributed by atoms with Gasteiger partial charge in [0.05, 0.1) is 24.1 Å². The lowest BCUT2D eigenvalue weighted by Gasteiger charge is -2.41. The number of amides is 2. The Labute approximate surface area is 112 Å². The standard InChI is InChI=1S/C13H18N4O2/c1-8-5-15-10(6-14-8)7-17-9(2)11(18)16-13(3,4)12(17)19/h5-6,9H,7H2,1-4H3,(H,16,18). The minimum atomic E-state index is -0.873. The number of aryl methyl sites for hydroxylation is 1. The molecule has 0 spiro atoms. The summed E-state index contributed by atoms with van der Waals surface area (Å²) < 4.78 is 0. The van der Waals surface area contributed by atoms with E-state index >= 15 is 0 Å². The van der Waals surface area contributed by atoms with Crippen LogP contribution >= 0.6 is 0 Å². The maximum atomic E-state index is 12.3. The second-order valence-electron chi connectivity index (χ2n) is 5.37. The van der Waals surface area contributed by atoms with Crippen molar-refractivity contribution in [1.29, 1.82) is 0 Å². The van der Waals surface area contributed by atoms with E-state index in [1.807, 2.05) is 6.92 Å². The normalized spacial score (nSPS) is 22.3. The van der Waals surface area contributed by atoms with E-state index in [-0.39, 0.29) is 11.8 Å². The SMILES string of the molecule is Cc1cnc(CN2C(=O)C(C)(C)NC(=O)C2C)cn1. The summed E-state index contributed by atoms with van der Waals surface area (Å²) in [5.74, 6) is -0.258. The largest absolute Gasteiger partial charge is 0.340 e. The summed E-state index contributed by atoms with van der Waals surface area (Å²) in [5.41, 5.74) is 0.623. The van der Waals surface area contributed by atoms with Gasteiger partial charge in [0.25, 0.3) is 0 Å². The highest BCUT2D eigenvalue weighted by Crippen LogP contribution is 2.19. The van der Waals surface area contributed by atoms with Gasteiger partial charge in [0.15, 0.2) is 0 Å². The van der Waals surface area contributed by atoms with Crippen LogP contribution in [0.5, 0.6) is 0 Å². The van der Waals surface area contributed by atoms with E-state index in [1.54, 1.807) is 33.2 Å². The molecule has 1 aliphatic heterocycles. The van der Waals surface area contributed by atoms with Gasteiger partial charge in [0.2, 0.25) is 11.8 Å². The molecular formula is C13H18N4O2. The van der Waals surface area contributed by atoms with Gasteiger partial charge >= 0.3 is 0 Å². The molecule has 1 unspecified atom stereocenters. The summed E-state index contributed by atoms with van der Waals surface area (Å²) in [6.07, 6.45) is 3.29. The van der Waals surface area contributed by atoms with Crippen molar-refractivity contribution in [1.82, 2.24) is 20.2 Å². The molecule has 0 radical (unpaired) electrons. The summed E-state index contributed by atoms with van der Waals surface area (Å²) in [7, 11) is 0. The molecule has 1 saturated heterocycles. The molecule has 1 atom stereocenters. The highest BCUT2D eigenvalue weighted by Gasteiger charge is 2.43. The van der Waals surface area contributed by atoms with Gasteiger partial charge in [-0.25, -0.2) is 0 Å². The van der Waals surface area contributed by atoms with Crippen LogP contribution in [-0.4, -0.2) is 38.3 Å². The van der Waals surface area contributed by atoms with Crippen LogP contribution in [0.25, 0.3) is 0 Å². The zero-order valence-electron chi connectivity index (χ0n) is 11.6. The number of nitrogens with one attached hydrogen (secondary N) is 1. The average molecular weight is 262 g/mol. The van der Waals surface area contributed by atoms with Crippen molar-refractivity contribution in [2.24, 2.45) is 0 Å². The molecule has 1 aromatic heterocycles. The Morgan fingerprint density at radius 3 is 2.58 bits per heavy atom. The third kappa shape index (κ3) is 2.57. The van der Waals surface area contributed by atoms with Gasteiger partial charge in [-0.1, -0.05) is 0 Å². The molecule has 2 rings (SSSR count). The topological polar surface area (TPSA) is 75.2 Å². The molecule has 2 amide bonds. The molecule has 2 heterocycles. The second-order valence-corrected chi connectivity index (χ2v) is 5.37. The first kappa shape index (κ1) is 13.5. The summed E-state index contributed by atoms with van der Waals surface area (Å²) in [5, 5.41) is 2.71. The lowest BCUT2D eigenvalue weighted by Crippen LogP contribution is -2.67. The Balaban J connectivity index is 2.23. The van der Waals surface area contributed by atoms with Gasteiger partial charge in [0, 0.05) is 6.20 Å². The van der Waals surface area contributed by atoms with Gasteiger partial charge in [-0.15, -0.1) is 0 Å². The summed E-state index contributed by atoms with van der Waals surface area (Å²) in [6, 6.07) is -0.497. The van der Waals surface area contributed by atoms with Gasteiger partial charge in [-0.3, -0.25) is 19.6 Å². The van der Waals surface area contributed by atoms with Crippen LogP contribution in [0.1, 0.15) is 32.2 Å². The molecule has 0 bridgehead atoms. The molecule has 1 aromatic rings. The highest BCUT2D eigenvalue weighted by atomic mass is 16.2. The van der Waals surface area contributed by atoms with E-state index in [2.05, 4.69) is 15.3 Å². The molecule has 19 heavy (non-hydrogen) atoms. The first-order valence-corrected chi connectivity index (χ1v) is 6.22. The number of carbonyl (C=O) groups excluding carboxylic acids is 2. The molecule has 1 fully saturated rings. The van der Waals surface area contributed by atoms with Crippen molar-refractivity contribution in [2.45, 2.75) is 45.8 Å². The maximum Gasteiger partial charge on any atom is 0.248 e. The zero-order chi connectivity index (χ0) is 14.2. The lowest BCUT2D eigenvalue weighted by molar-refractivity contribution is -0.153. The fourth-order valence-corrected chi connectivity index (χ4v) is 2.03. The average Bonchev–Trinajstić information content (AvgIpc) is 2.34. The Kier molecular flexibility index (Phi) is 3.26. The molecule has 1 N–H and O–H groups in total. The van der Waals surface area contributed by atoms with E-state index in [0.717, 1.165) is 5.69 Å². The van der Waals surface area contributed by atoms with Gasteiger partial charge < -0.3 is 10.2 Å². The number of carbonyl (C=O) groups is 2. The van der Waals surface area contributed by atoms with E-state index in [1.165, 1.54) is 4.90 Å². The van der Waals surface area contributed by atoms with Gasteiger partial charge in [0.1, 0.15) is 11.6 Å². The molecule has 0 aliphatic carbocycles. The third-order valence-corrected chi connectivity index (χ3v) is 3.24. The first-order chi connectivity index (χ1) is 8.81. The summed E-state index contributed by atoms with van der Waals surface area (Å²) in [6.45, 7) is 7.26. The minimum Gasteiger partial charge on any atom is -0.340 e. The minimum absolute atomic E-state index is 0.109. The van der Waals surface area contributed by atoms with Crippen molar-refractivity contribution in [3.05, 3.63) is 23.8 Å². The Bertz CT molecular complexity index is 510. The number of hydrogen-bond donors (Lipinski definition) is 1. The predicted molar refractivity (Wildman–Crippen MR) is 69.0 cm³/mol. The lowest BCUT2D eigenvalue weighted by atomic mass is 9.97. The number of nitrogens with zero attached hydrogens (tertiary/aromatic N) is 3. The Morgan fingerprint density at radius 2 is 2.00 bits per heavy atom. The van der Waals surface area contributed by atoms with Crippen molar-refractivity contribution in [3.63, 3.8) is 0 Å². The van der Waals surface area contributed by atoms with E-state index in [9.17, 15) is 9.59 Å². The third-order valence-electron chi connectivity index (χ3n) is 3.24. The van der Waals surface area contributed by atoms with Crippen LogP contribution in [0.3, 0.4) is 0 Å². The molecule has 0 aromatic carbocycles. The van der Waals surface area contributed by atoms with Crippen molar-refractivity contribution >= 4 is 11.8 Å². The van der Waals surface area contributed by atoms with Crippen LogP contribution in [0.4, 0.5) is 0 Å². The number of hydrogen-bond acceptors (Lipinski definition) is 4. The summed E-state index contributed by atoms with van der Waals surface area (Å²) >= 11 is 0. The number of rotatable bonds is 2. The molecule has 1 aliphatic rings. The second kappa shape index (κ2) is 4.60. The van der Waals surface area contributed by atoms with E-state index in [0.29, 0.717) is 12.2 Å². The van der Waals surface area contributed by atoms with E-state index < -0.39 is 11.6 Å².